The predicted molar refractivity (Wildman–Crippen MR) is 99.9 cm³/mol. The molecule has 4 rings (SSSR count). The summed E-state index contributed by atoms with van der Waals surface area (Å²) in [6.07, 6.45) is 7.02. The number of rotatable bonds is 4. The Morgan fingerprint density at radius 3 is 2.92 bits per heavy atom. The lowest BCUT2D eigenvalue weighted by Crippen LogP contribution is -2.39. The normalized spacial score (nSPS) is 15.8. The number of aromatic nitrogens is 3. The van der Waals surface area contributed by atoms with Gasteiger partial charge >= 0.3 is 0 Å². The smallest absolute Gasteiger partial charge is 0.253 e. The quantitative estimate of drug-likeness (QED) is 0.719. The molecule has 1 fully saturated rings. The van der Waals surface area contributed by atoms with E-state index in [-0.39, 0.29) is 5.91 Å². The number of hydrogen-bond acceptors (Lipinski definition) is 4. The molecule has 0 N–H and O–H groups in total. The van der Waals surface area contributed by atoms with Crippen LogP contribution in [0.5, 0.6) is 0 Å². The molecule has 0 aliphatic carbocycles. The van der Waals surface area contributed by atoms with E-state index in [0.717, 1.165) is 60.5 Å². The zero-order chi connectivity index (χ0) is 17.2. The van der Waals surface area contributed by atoms with Gasteiger partial charge in [0.2, 0.25) is 0 Å². The summed E-state index contributed by atoms with van der Waals surface area (Å²) in [4.78, 5) is 23.5. The summed E-state index contributed by atoms with van der Waals surface area (Å²) in [5, 5.41) is 0. The van der Waals surface area contributed by atoms with Crippen LogP contribution in [-0.2, 0) is 13.0 Å². The molecule has 25 heavy (non-hydrogen) atoms. The molecule has 1 aliphatic heterocycles. The molecule has 130 valence electrons. The first-order valence-electron chi connectivity index (χ1n) is 8.87. The van der Waals surface area contributed by atoms with Crippen LogP contribution in [0.4, 0.5) is 0 Å². The topological polar surface area (TPSA) is 51.0 Å². The van der Waals surface area contributed by atoms with Crippen LogP contribution in [0.2, 0.25) is 0 Å². The van der Waals surface area contributed by atoms with E-state index in [0.29, 0.717) is 5.92 Å². The van der Waals surface area contributed by atoms with E-state index < -0.39 is 0 Å². The van der Waals surface area contributed by atoms with Crippen LogP contribution in [0.1, 0.15) is 35.9 Å². The first-order valence-corrected chi connectivity index (χ1v) is 9.75. The van der Waals surface area contributed by atoms with Gasteiger partial charge in [0.05, 0.1) is 15.7 Å². The molecule has 0 atom stereocenters. The Morgan fingerprint density at radius 2 is 2.12 bits per heavy atom. The lowest BCUT2D eigenvalue weighted by molar-refractivity contribution is 0.0682. The summed E-state index contributed by atoms with van der Waals surface area (Å²) in [5.41, 5.74) is 3.57. The van der Waals surface area contributed by atoms with E-state index >= 15 is 0 Å². The van der Waals surface area contributed by atoms with E-state index in [1.54, 1.807) is 11.3 Å². The number of aryl methyl sites for hydroxylation is 1. The molecule has 5 nitrogen and oxygen atoms in total. The number of amides is 1. The zero-order valence-corrected chi connectivity index (χ0v) is 15.2. The number of benzene rings is 1. The summed E-state index contributed by atoms with van der Waals surface area (Å²) in [7, 11) is 0. The zero-order valence-electron chi connectivity index (χ0n) is 14.4. The third-order valence-electron chi connectivity index (χ3n) is 5.05. The highest BCUT2D eigenvalue weighted by atomic mass is 32.1. The SMILES string of the molecule is CCc1nccn1CC1CCN(C(=O)c2ccc3ncsc3c2)CC1. The second-order valence-corrected chi connectivity index (χ2v) is 7.51. The molecule has 0 spiro atoms. The van der Waals surface area contributed by atoms with Gasteiger partial charge in [0.1, 0.15) is 5.82 Å². The average Bonchev–Trinajstić information content (AvgIpc) is 3.29. The van der Waals surface area contributed by atoms with Crippen molar-refractivity contribution in [3.63, 3.8) is 0 Å². The molecule has 0 unspecified atom stereocenters. The molecule has 2 aromatic heterocycles. The summed E-state index contributed by atoms with van der Waals surface area (Å²) >= 11 is 1.58. The maximum Gasteiger partial charge on any atom is 0.253 e. The predicted octanol–water partition coefficient (Wildman–Crippen LogP) is 3.61. The van der Waals surface area contributed by atoms with Crippen LogP contribution in [0.15, 0.2) is 36.1 Å². The fourth-order valence-corrected chi connectivity index (χ4v) is 4.30. The van der Waals surface area contributed by atoms with Crippen molar-refractivity contribution in [1.29, 1.82) is 0 Å². The molecule has 1 aromatic carbocycles. The Labute approximate surface area is 151 Å². The molecule has 1 aliphatic rings. The molecule has 1 saturated heterocycles. The van der Waals surface area contributed by atoms with Crippen molar-refractivity contribution in [2.24, 2.45) is 5.92 Å². The number of carbonyl (C=O) groups excluding carboxylic acids is 1. The fourth-order valence-electron chi connectivity index (χ4n) is 3.59. The summed E-state index contributed by atoms with van der Waals surface area (Å²) in [6.45, 7) is 4.82. The number of thiazole rings is 1. The summed E-state index contributed by atoms with van der Waals surface area (Å²) < 4.78 is 3.34. The molecule has 3 aromatic rings. The molecule has 3 heterocycles. The van der Waals surface area contributed by atoms with E-state index in [4.69, 9.17) is 0 Å². The van der Waals surface area contributed by atoms with Crippen LogP contribution in [-0.4, -0.2) is 38.4 Å². The van der Waals surface area contributed by atoms with Gasteiger partial charge in [-0.25, -0.2) is 9.97 Å². The number of imidazole rings is 1. The Morgan fingerprint density at radius 1 is 1.28 bits per heavy atom. The molecular weight excluding hydrogens is 332 g/mol. The second kappa shape index (κ2) is 6.96. The van der Waals surface area contributed by atoms with Crippen LogP contribution >= 0.6 is 11.3 Å². The van der Waals surface area contributed by atoms with E-state index in [9.17, 15) is 4.79 Å². The number of likely N-dealkylation sites (tertiary alicyclic amines) is 1. The second-order valence-electron chi connectivity index (χ2n) is 6.62. The molecular formula is C19H22N4OS. The largest absolute Gasteiger partial charge is 0.339 e. The van der Waals surface area contributed by atoms with E-state index in [1.165, 1.54) is 0 Å². The van der Waals surface area contributed by atoms with Gasteiger partial charge in [-0.2, -0.15) is 0 Å². The molecule has 6 heteroatoms. The minimum atomic E-state index is 0.144. The van der Waals surface area contributed by atoms with Gasteiger partial charge in [-0.1, -0.05) is 6.92 Å². The van der Waals surface area contributed by atoms with Crippen molar-refractivity contribution in [3.8, 4) is 0 Å². The van der Waals surface area contributed by atoms with Crippen molar-refractivity contribution in [1.82, 2.24) is 19.4 Å². The maximum atomic E-state index is 12.8. The monoisotopic (exact) mass is 354 g/mol. The highest BCUT2D eigenvalue weighted by Crippen LogP contribution is 2.24. The first-order chi connectivity index (χ1) is 12.2. The van der Waals surface area contributed by atoms with E-state index in [1.807, 2.05) is 34.8 Å². The Bertz CT molecular complexity index is 876. The van der Waals surface area contributed by atoms with Gasteiger partial charge in [0.25, 0.3) is 5.91 Å². The Balaban J connectivity index is 1.38. The number of nitrogens with zero attached hydrogens (tertiary/aromatic N) is 4. The standard InChI is InChI=1S/C19H22N4OS/c1-2-18-20-7-10-23(18)12-14-5-8-22(9-6-14)19(24)15-3-4-16-17(11-15)25-13-21-16/h3-4,7,10-11,13-14H,2,5-6,8-9,12H2,1H3. The van der Waals surface area contributed by atoms with Gasteiger partial charge in [-0.05, 0) is 37.0 Å². The minimum Gasteiger partial charge on any atom is -0.339 e. The van der Waals surface area contributed by atoms with Gasteiger partial charge < -0.3 is 9.47 Å². The van der Waals surface area contributed by atoms with Crippen LogP contribution in [0, 0.1) is 5.92 Å². The highest BCUT2D eigenvalue weighted by molar-refractivity contribution is 7.16. The third-order valence-corrected chi connectivity index (χ3v) is 5.84. The fraction of sp³-hybridized carbons (Fsp3) is 0.421. The van der Waals surface area contributed by atoms with Crippen LogP contribution in [0.3, 0.4) is 0 Å². The highest BCUT2D eigenvalue weighted by Gasteiger charge is 2.24. The lowest BCUT2D eigenvalue weighted by atomic mass is 9.96. The Hall–Kier alpha value is -2.21. The van der Waals surface area contributed by atoms with Crippen LogP contribution in [0.25, 0.3) is 10.2 Å². The average molecular weight is 354 g/mol. The molecule has 0 radical (unpaired) electrons. The maximum absolute atomic E-state index is 12.8. The number of hydrogen-bond donors (Lipinski definition) is 0. The number of piperidine rings is 1. The first kappa shape index (κ1) is 16.3. The molecule has 0 bridgehead atoms. The Kier molecular flexibility index (Phi) is 4.53. The van der Waals surface area contributed by atoms with Gasteiger partial charge in [-0.15, -0.1) is 11.3 Å². The third kappa shape index (κ3) is 3.31. The van der Waals surface area contributed by atoms with Crippen molar-refractivity contribution in [2.75, 3.05) is 13.1 Å². The van der Waals surface area contributed by atoms with Crippen molar-refractivity contribution >= 4 is 27.5 Å². The van der Waals surface area contributed by atoms with Gasteiger partial charge in [0, 0.05) is 44.0 Å². The van der Waals surface area contributed by atoms with Crippen molar-refractivity contribution < 1.29 is 4.79 Å². The number of carbonyl (C=O) groups is 1. The molecule has 0 saturated carbocycles. The van der Waals surface area contributed by atoms with Crippen molar-refractivity contribution in [3.05, 3.63) is 47.5 Å². The minimum absolute atomic E-state index is 0.144. The van der Waals surface area contributed by atoms with Gasteiger partial charge in [0.15, 0.2) is 0 Å². The molecule has 1 amide bonds. The number of fused-ring (bicyclic) bond motifs is 1. The summed E-state index contributed by atoms with van der Waals surface area (Å²) in [5.74, 6) is 1.91. The lowest BCUT2D eigenvalue weighted by Gasteiger charge is -2.32. The van der Waals surface area contributed by atoms with Crippen molar-refractivity contribution in [2.45, 2.75) is 32.7 Å². The summed E-state index contributed by atoms with van der Waals surface area (Å²) in [6, 6.07) is 5.81. The van der Waals surface area contributed by atoms with Crippen LogP contribution < -0.4 is 0 Å². The van der Waals surface area contributed by atoms with E-state index in [2.05, 4.69) is 27.7 Å². The van der Waals surface area contributed by atoms with Gasteiger partial charge in [-0.3, -0.25) is 4.79 Å².